The normalized spacial score (nSPS) is 12.9. The number of hydrogen-bond donors (Lipinski definition) is 0. The number of pyridine rings is 1. The number of methoxy groups -OCH3 is 1. The fourth-order valence-electron chi connectivity index (χ4n) is 4.60. The molecule has 0 atom stereocenters. The third-order valence-electron chi connectivity index (χ3n) is 5.94. The van der Waals surface area contributed by atoms with Gasteiger partial charge < -0.3 is 9.30 Å². The number of fused-ring (bicyclic) bond motifs is 2. The van der Waals surface area contributed by atoms with Crippen LogP contribution in [0.3, 0.4) is 0 Å². The van der Waals surface area contributed by atoms with Crippen molar-refractivity contribution in [3.8, 4) is 16.9 Å². The first-order valence-corrected chi connectivity index (χ1v) is 10.1. The number of rotatable bonds is 4. The van der Waals surface area contributed by atoms with Crippen molar-refractivity contribution in [3.63, 3.8) is 0 Å². The molecule has 0 bridgehead atoms. The zero-order valence-corrected chi connectivity index (χ0v) is 16.5. The van der Waals surface area contributed by atoms with Crippen molar-refractivity contribution in [2.75, 3.05) is 7.11 Å². The Morgan fingerprint density at radius 1 is 0.931 bits per heavy atom. The van der Waals surface area contributed by atoms with E-state index < -0.39 is 0 Å². The molecule has 0 saturated heterocycles. The zero-order chi connectivity index (χ0) is 19.8. The van der Waals surface area contributed by atoms with Crippen LogP contribution in [0.1, 0.15) is 23.2 Å². The van der Waals surface area contributed by atoms with Gasteiger partial charge in [-0.2, -0.15) is 0 Å². The van der Waals surface area contributed by atoms with Crippen LogP contribution in [0.5, 0.6) is 5.75 Å². The molecule has 0 spiro atoms. The largest absolute Gasteiger partial charge is 0.496 e. The summed E-state index contributed by atoms with van der Waals surface area (Å²) in [6, 6.07) is 24.4. The van der Waals surface area contributed by atoms with Crippen LogP contribution < -0.4 is 10.3 Å². The summed E-state index contributed by atoms with van der Waals surface area (Å²) in [5.74, 6) is 0.818. The van der Waals surface area contributed by atoms with Crippen molar-refractivity contribution in [1.82, 2.24) is 4.57 Å². The fourth-order valence-corrected chi connectivity index (χ4v) is 4.60. The van der Waals surface area contributed by atoms with Gasteiger partial charge >= 0.3 is 0 Å². The Bertz CT molecular complexity index is 1260. The van der Waals surface area contributed by atoms with E-state index in [0.717, 1.165) is 52.5 Å². The second-order valence-corrected chi connectivity index (χ2v) is 7.61. The Balaban J connectivity index is 1.75. The number of nitrogens with zero attached hydrogens (tertiary/aromatic N) is 1. The molecule has 29 heavy (non-hydrogen) atoms. The van der Waals surface area contributed by atoms with E-state index in [1.807, 2.05) is 47.0 Å². The molecule has 0 saturated carbocycles. The molecule has 0 amide bonds. The molecule has 0 N–H and O–H groups in total. The summed E-state index contributed by atoms with van der Waals surface area (Å²) in [7, 11) is 1.70. The summed E-state index contributed by atoms with van der Waals surface area (Å²) in [5, 5.41) is 2.28. The first-order valence-electron chi connectivity index (χ1n) is 10.1. The average Bonchev–Trinajstić information content (AvgIpc) is 3.25. The highest BCUT2D eigenvalue weighted by Crippen LogP contribution is 2.41. The van der Waals surface area contributed by atoms with Crippen molar-refractivity contribution < 1.29 is 4.74 Å². The van der Waals surface area contributed by atoms with Crippen LogP contribution in [0, 0.1) is 0 Å². The predicted molar refractivity (Wildman–Crippen MR) is 118 cm³/mol. The van der Waals surface area contributed by atoms with Gasteiger partial charge in [-0.15, -0.1) is 0 Å². The first kappa shape index (κ1) is 17.7. The molecule has 0 unspecified atom stereocenters. The van der Waals surface area contributed by atoms with Crippen LogP contribution in [-0.4, -0.2) is 11.7 Å². The lowest BCUT2D eigenvalue weighted by molar-refractivity contribution is 0.417. The SMILES string of the molecule is COc1ccc2ccccc2c1-c1cc(=O)n(Cc2ccccc2)c2c1CCC2. The van der Waals surface area contributed by atoms with E-state index >= 15 is 0 Å². The topological polar surface area (TPSA) is 31.2 Å². The zero-order valence-electron chi connectivity index (χ0n) is 16.5. The summed E-state index contributed by atoms with van der Waals surface area (Å²) < 4.78 is 7.68. The van der Waals surface area contributed by atoms with Gasteiger partial charge in [-0.25, -0.2) is 0 Å². The third-order valence-corrected chi connectivity index (χ3v) is 5.94. The van der Waals surface area contributed by atoms with E-state index in [4.69, 9.17) is 4.74 Å². The maximum Gasteiger partial charge on any atom is 0.251 e. The van der Waals surface area contributed by atoms with Gasteiger partial charge in [-0.3, -0.25) is 4.79 Å². The molecule has 4 aromatic rings. The standard InChI is InChI=1S/C26H23NO2/c1-29-24-15-14-19-10-5-6-11-20(19)26(24)22-16-25(28)27(23-13-7-12-21(22)23)17-18-8-3-2-4-9-18/h2-6,8-11,14-16H,7,12-13,17H2,1H3. The second kappa shape index (κ2) is 7.25. The molecule has 3 nitrogen and oxygen atoms in total. The Kier molecular flexibility index (Phi) is 4.44. The van der Waals surface area contributed by atoms with Gasteiger partial charge in [0.15, 0.2) is 0 Å². The maximum atomic E-state index is 13.2. The van der Waals surface area contributed by atoms with E-state index in [1.165, 1.54) is 11.3 Å². The second-order valence-electron chi connectivity index (χ2n) is 7.61. The molecule has 5 rings (SSSR count). The van der Waals surface area contributed by atoms with Crippen LogP contribution in [-0.2, 0) is 19.4 Å². The van der Waals surface area contributed by atoms with E-state index in [1.54, 1.807) is 7.11 Å². The molecule has 1 aliphatic carbocycles. The Labute approximate surface area is 170 Å². The van der Waals surface area contributed by atoms with Gasteiger partial charge in [0.05, 0.1) is 13.7 Å². The smallest absolute Gasteiger partial charge is 0.251 e. The molecule has 3 heteroatoms. The molecule has 144 valence electrons. The van der Waals surface area contributed by atoms with Gasteiger partial charge in [-0.1, -0.05) is 60.7 Å². The maximum absolute atomic E-state index is 13.2. The van der Waals surface area contributed by atoms with E-state index in [0.29, 0.717) is 6.54 Å². The summed E-state index contributed by atoms with van der Waals surface area (Å²) >= 11 is 0. The van der Waals surface area contributed by atoms with Crippen molar-refractivity contribution in [2.45, 2.75) is 25.8 Å². The highest BCUT2D eigenvalue weighted by molar-refractivity contribution is 6.00. The van der Waals surface area contributed by atoms with Crippen LogP contribution in [0.2, 0.25) is 0 Å². The van der Waals surface area contributed by atoms with Crippen LogP contribution in [0.25, 0.3) is 21.9 Å². The van der Waals surface area contributed by atoms with Crippen LogP contribution >= 0.6 is 0 Å². The summed E-state index contributed by atoms with van der Waals surface area (Å²) in [4.78, 5) is 13.2. The van der Waals surface area contributed by atoms with E-state index in [9.17, 15) is 4.79 Å². The molecule has 1 aliphatic rings. The minimum Gasteiger partial charge on any atom is -0.496 e. The fraction of sp³-hybridized carbons (Fsp3) is 0.192. The molecule has 0 radical (unpaired) electrons. The Morgan fingerprint density at radius 2 is 1.72 bits per heavy atom. The van der Waals surface area contributed by atoms with Crippen LogP contribution in [0.4, 0.5) is 0 Å². The molecule has 3 aromatic carbocycles. The third kappa shape index (κ3) is 3.03. The molecular weight excluding hydrogens is 358 g/mol. The average molecular weight is 381 g/mol. The van der Waals surface area contributed by atoms with Gasteiger partial charge in [0.2, 0.25) is 0 Å². The first-order chi connectivity index (χ1) is 14.3. The lowest BCUT2D eigenvalue weighted by Gasteiger charge is -2.19. The molecule has 1 heterocycles. The molecule has 0 fully saturated rings. The Morgan fingerprint density at radius 3 is 2.55 bits per heavy atom. The lowest BCUT2D eigenvalue weighted by atomic mass is 9.93. The lowest BCUT2D eigenvalue weighted by Crippen LogP contribution is -2.24. The molecule has 0 aliphatic heterocycles. The van der Waals surface area contributed by atoms with Crippen molar-refractivity contribution in [2.24, 2.45) is 0 Å². The monoisotopic (exact) mass is 381 g/mol. The van der Waals surface area contributed by atoms with Crippen molar-refractivity contribution >= 4 is 10.8 Å². The number of benzene rings is 3. The highest BCUT2D eigenvalue weighted by atomic mass is 16.5. The van der Waals surface area contributed by atoms with Crippen molar-refractivity contribution in [1.29, 1.82) is 0 Å². The van der Waals surface area contributed by atoms with Crippen molar-refractivity contribution in [3.05, 3.63) is 100.0 Å². The van der Waals surface area contributed by atoms with E-state index in [2.05, 4.69) is 30.3 Å². The number of ether oxygens (including phenoxy) is 1. The van der Waals surface area contributed by atoms with Crippen LogP contribution in [0.15, 0.2) is 77.6 Å². The summed E-state index contributed by atoms with van der Waals surface area (Å²) in [6.45, 7) is 0.620. The quantitative estimate of drug-likeness (QED) is 0.486. The number of aromatic nitrogens is 1. The minimum absolute atomic E-state index is 0.0551. The minimum atomic E-state index is 0.0551. The van der Waals surface area contributed by atoms with Gasteiger partial charge in [0, 0.05) is 17.3 Å². The number of hydrogen-bond acceptors (Lipinski definition) is 2. The van der Waals surface area contributed by atoms with E-state index in [-0.39, 0.29) is 5.56 Å². The molecular formula is C26H23NO2. The predicted octanol–water partition coefficient (Wildman–Crippen LogP) is 5.21. The van der Waals surface area contributed by atoms with Gasteiger partial charge in [-0.05, 0) is 52.8 Å². The van der Waals surface area contributed by atoms with Gasteiger partial charge in [0.1, 0.15) is 5.75 Å². The highest BCUT2D eigenvalue weighted by Gasteiger charge is 2.24. The molecule has 1 aromatic heterocycles. The Hall–Kier alpha value is -3.33. The van der Waals surface area contributed by atoms with Gasteiger partial charge in [0.25, 0.3) is 5.56 Å². The summed E-state index contributed by atoms with van der Waals surface area (Å²) in [5.41, 5.74) is 5.73. The summed E-state index contributed by atoms with van der Waals surface area (Å²) in [6.07, 6.45) is 3.01.